The van der Waals surface area contributed by atoms with Crippen molar-refractivity contribution >= 4 is 74.2 Å². The van der Waals surface area contributed by atoms with Gasteiger partial charge in [-0.05, 0) is 120 Å². The van der Waals surface area contributed by atoms with Crippen molar-refractivity contribution in [3.8, 4) is 5.75 Å². The number of amides is 2. The maximum Gasteiger partial charge on any atom is 0.408 e. The van der Waals surface area contributed by atoms with Gasteiger partial charge in [-0.1, -0.05) is 18.2 Å². The molecule has 0 fully saturated rings. The van der Waals surface area contributed by atoms with Gasteiger partial charge in [0.05, 0.1) is 18.5 Å². The Morgan fingerprint density at radius 2 is 1.50 bits per heavy atom. The molecule has 3 N–H and O–H groups in total. The Morgan fingerprint density at radius 3 is 2.06 bits per heavy atom. The van der Waals surface area contributed by atoms with Crippen LogP contribution in [0.3, 0.4) is 0 Å². The van der Waals surface area contributed by atoms with Crippen LogP contribution in [-0.2, 0) is 16.0 Å². The Labute approximate surface area is 237 Å². The smallest absolute Gasteiger partial charge is 0.408 e. The van der Waals surface area contributed by atoms with E-state index in [-0.39, 0.29) is 12.2 Å². The lowest BCUT2D eigenvalue weighted by atomic mass is 10.0. The molecule has 0 aliphatic heterocycles. The Hall–Kier alpha value is -2.74. The van der Waals surface area contributed by atoms with E-state index in [1.54, 1.807) is 57.2 Å². The molecule has 0 saturated carbocycles. The quantitative estimate of drug-likeness (QED) is 0.180. The first-order chi connectivity index (χ1) is 17.0. The molecule has 10 heteroatoms. The molecule has 3 aromatic rings. The lowest BCUT2D eigenvalue weighted by Gasteiger charge is -2.23. The van der Waals surface area contributed by atoms with Crippen LogP contribution >= 0.6 is 45.2 Å². The first-order valence-electron chi connectivity index (χ1n) is 11.0. The lowest BCUT2D eigenvalue weighted by Crippen LogP contribution is -2.47. The van der Waals surface area contributed by atoms with Crippen molar-refractivity contribution in [3.05, 3.63) is 79.4 Å². The number of aromatic hydroxyl groups is 1. The van der Waals surface area contributed by atoms with Gasteiger partial charge >= 0.3 is 6.09 Å². The van der Waals surface area contributed by atoms with Gasteiger partial charge in [-0.15, -0.1) is 0 Å². The second kappa shape index (κ2) is 12.5. The van der Waals surface area contributed by atoms with E-state index in [4.69, 9.17) is 4.74 Å². The molecule has 2 amide bonds. The van der Waals surface area contributed by atoms with Crippen LogP contribution < -0.4 is 10.6 Å². The molecule has 0 heterocycles. The fourth-order valence-corrected chi connectivity index (χ4v) is 4.98. The Bertz CT molecular complexity index is 1220. The molecule has 0 saturated heterocycles. The van der Waals surface area contributed by atoms with Crippen LogP contribution in [0.25, 0.3) is 0 Å². The Kier molecular flexibility index (Phi) is 9.65. The summed E-state index contributed by atoms with van der Waals surface area (Å²) in [5.41, 5.74) is 2.00. The summed E-state index contributed by atoms with van der Waals surface area (Å²) in [6.45, 7) is 5.26. The molecule has 1 atom stereocenters. The number of nitrogens with zero attached hydrogens (tertiary/aromatic N) is 2. The second-order valence-electron chi connectivity index (χ2n) is 8.88. The summed E-state index contributed by atoms with van der Waals surface area (Å²) in [4.78, 5) is 25.6. The van der Waals surface area contributed by atoms with E-state index in [0.29, 0.717) is 18.5 Å². The summed E-state index contributed by atoms with van der Waals surface area (Å²) in [5, 5.41) is 24.0. The summed E-state index contributed by atoms with van der Waals surface area (Å²) in [6.07, 6.45) is -0.483. The third kappa shape index (κ3) is 8.73. The predicted molar refractivity (Wildman–Crippen MR) is 156 cm³/mol. The van der Waals surface area contributed by atoms with Gasteiger partial charge in [-0.3, -0.25) is 4.79 Å². The molecule has 0 spiro atoms. The molecule has 188 valence electrons. The number of ether oxygens (including phenoxy) is 1. The van der Waals surface area contributed by atoms with E-state index in [2.05, 4.69) is 20.9 Å². The van der Waals surface area contributed by atoms with Crippen LogP contribution in [0, 0.1) is 7.14 Å². The summed E-state index contributed by atoms with van der Waals surface area (Å²) in [6, 6.07) is 18.9. The van der Waals surface area contributed by atoms with Crippen molar-refractivity contribution in [1.82, 2.24) is 5.32 Å². The van der Waals surface area contributed by atoms with Crippen LogP contribution in [-0.4, -0.2) is 28.7 Å². The van der Waals surface area contributed by atoms with Crippen LogP contribution in [0.5, 0.6) is 5.75 Å². The number of halogens is 2. The summed E-state index contributed by atoms with van der Waals surface area (Å²) >= 11 is 4.06. The third-order valence-electron chi connectivity index (χ3n) is 4.70. The van der Waals surface area contributed by atoms with E-state index in [0.717, 1.165) is 11.3 Å². The lowest BCUT2D eigenvalue weighted by molar-refractivity contribution is -0.118. The number of carbonyl (C=O) groups excluding carboxylic acids is 2. The maximum atomic E-state index is 13.2. The van der Waals surface area contributed by atoms with Gasteiger partial charge in [-0.2, -0.15) is 10.2 Å². The van der Waals surface area contributed by atoms with Gasteiger partial charge in [0.15, 0.2) is 0 Å². The minimum atomic E-state index is -0.909. The van der Waals surface area contributed by atoms with Crippen LogP contribution in [0.4, 0.5) is 21.9 Å². The van der Waals surface area contributed by atoms with Crippen molar-refractivity contribution in [2.24, 2.45) is 10.2 Å². The standard InChI is InChI=1S/C26H26I2N4O4/c1-26(2,3)36-25(35)30-22(15-16-13-20(27)23(33)21(28)14-16)24(34)29-17-9-11-19(12-10-17)32-31-18-7-5-4-6-8-18/h4-14,22,33H,15H2,1-3H3,(H,29,34)(H,30,35)/t22-/m0/s1. The van der Waals surface area contributed by atoms with Crippen LogP contribution in [0.15, 0.2) is 77.0 Å². The number of hydrogen-bond donors (Lipinski definition) is 3. The number of hydrogen-bond acceptors (Lipinski definition) is 6. The monoisotopic (exact) mass is 712 g/mol. The summed E-state index contributed by atoms with van der Waals surface area (Å²) in [7, 11) is 0. The van der Waals surface area contributed by atoms with Gasteiger partial charge in [0, 0.05) is 12.1 Å². The van der Waals surface area contributed by atoms with Gasteiger partial charge < -0.3 is 20.5 Å². The molecule has 0 unspecified atom stereocenters. The number of alkyl carbamates (subject to hydrolysis) is 1. The second-order valence-corrected chi connectivity index (χ2v) is 11.2. The average Bonchev–Trinajstić information content (AvgIpc) is 2.81. The number of carbonyl (C=O) groups is 2. The normalized spacial score (nSPS) is 12.2. The number of rotatable bonds is 7. The van der Waals surface area contributed by atoms with Gasteiger partial charge in [0.1, 0.15) is 17.4 Å². The Balaban J connectivity index is 1.74. The fraction of sp³-hybridized carbons (Fsp3) is 0.231. The highest BCUT2D eigenvalue weighted by molar-refractivity contribution is 14.1. The maximum absolute atomic E-state index is 13.2. The highest BCUT2D eigenvalue weighted by Crippen LogP contribution is 2.28. The van der Waals surface area contributed by atoms with Gasteiger partial charge in [0.2, 0.25) is 5.91 Å². The van der Waals surface area contributed by atoms with Crippen molar-refractivity contribution in [2.45, 2.75) is 38.8 Å². The third-order valence-corrected chi connectivity index (χ3v) is 6.34. The molecule has 36 heavy (non-hydrogen) atoms. The van der Waals surface area contributed by atoms with Crippen LogP contribution in [0.2, 0.25) is 0 Å². The molecule has 0 aliphatic carbocycles. The molecule has 8 nitrogen and oxygen atoms in total. The van der Waals surface area contributed by atoms with Crippen molar-refractivity contribution in [2.75, 3.05) is 5.32 Å². The summed E-state index contributed by atoms with van der Waals surface area (Å²) in [5.74, 6) is -0.219. The number of nitrogens with one attached hydrogen (secondary N) is 2. The molecule has 0 bridgehead atoms. The zero-order chi connectivity index (χ0) is 26.3. The zero-order valence-corrected chi connectivity index (χ0v) is 24.3. The molecule has 0 aromatic heterocycles. The fourth-order valence-electron chi connectivity index (χ4n) is 3.08. The molecular formula is C26H26I2N4O4. The molecular weight excluding hydrogens is 686 g/mol. The highest BCUT2D eigenvalue weighted by atomic mass is 127. The summed E-state index contributed by atoms with van der Waals surface area (Å²) < 4.78 is 6.67. The predicted octanol–water partition coefficient (Wildman–Crippen LogP) is 7.09. The van der Waals surface area contributed by atoms with E-state index in [1.165, 1.54) is 0 Å². The van der Waals surface area contributed by atoms with E-state index in [1.807, 2.05) is 75.5 Å². The van der Waals surface area contributed by atoms with Crippen molar-refractivity contribution in [1.29, 1.82) is 0 Å². The Morgan fingerprint density at radius 1 is 0.944 bits per heavy atom. The van der Waals surface area contributed by atoms with E-state index in [9.17, 15) is 14.7 Å². The molecule has 3 rings (SSSR count). The van der Waals surface area contributed by atoms with Gasteiger partial charge in [0.25, 0.3) is 0 Å². The molecule has 0 radical (unpaired) electrons. The number of azo groups is 1. The first kappa shape index (κ1) is 27.8. The highest BCUT2D eigenvalue weighted by Gasteiger charge is 2.25. The number of benzene rings is 3. The number of phenols is 1. The molecule has 0 aliphatic rings. The van der Waals surface area contributed by atoms with E-state index < -0.39 is 23.6 Å². The van der Waals surface area contributed by atoms with E-state index >= 15 is 0 Å². The number of anilines is 1. The topological polar surface area (TPSA) is 112 Å². The average molecular weight is 712 g/mol. The molecule has 3 aromatic carbocycles. The largest absolute Gasteiger partial charge is 0.506 e. The first-order valence-corrected chi connectivity index (χ1v) is 13.2. The SMILES string of the molecule is CC(C)(C)OC(=O)N[C@@H](Cc1cc(I)c(O)c(I)c1)C(=O)Nc1ccc(N=Nc2ccccc2)cc1. The van der Waals surface area contributed by atoms with Gasteiger partial charge in [-0.25, -0.2) is 4.79 Å². The van der Waals surface area contributed by atoms with Crippen LogP contribution in [0.1, 0.15) is 26.3 Å². The minimum Gasteiger partial charge on any atom is -0.506 e. The van der Waals surface area contributed by atoms with Crippen molar-refractivity contribution in [3.63, 3.8) is 0 Å². The zero-order valence-electron chi connectivity index (χ0n) is 20.0. The van der Waals surface area contributed by atoms with Crippen molar-refractivity contribution < 1.29 is 19.4 Å². The minimum absolute atomic E-state index is 0.186. The number of phenolic OH excluding ortho intramolecular Hbond substituents is 1.